The maximum Gasteiger partial charge on any atom is 0.409 e. The lowest BCUT2D eigenvalue weighted by atomic mass is 10.3. The predicted octanol–water partition coefficient (Wildman–Crippen LogP) is 2.74. The first-order valence-electron chi connectivity index (χ1n) is 4.09. The van der Waals surface area contributed by atoms with Crippen LogP contribution in [0, 0.1) is 0 Å². The molecule has 5 heteroatoms. The fourth-order valence-electron chi connectivity index (χ4n) is 0.876. The average Bonchev–Trinajstić information content (AvgIpc) is 2.15. The van der Waals surface area contributed by atoms with E-state index in [1.54, 1.807) is 30.3 Å². The third-order valence-corrected chi connectivity index (χ3v) is 1.47. The number of halogens is 3. The monoisotopic (exact) mass is 215 g/mol. The van der Waals surface area contributed by atoms with Crippen LogP contribution < -0.4 is 5.32 Å². The minimum Gasteiger partial charge on any atom is -0.323 e. The van der Waals surface area contributed by atoms with Crippen molar-refractivity contribution >= 4 is 11.6 Å². The highest BCUT2D eigenvalue weighted by Gasteiger charge is 2.22. The molecule has 15 heavy (non-hydrogen) atoms. The molecule has 0 atom stereocenters. The van der Waals surface area contributed by atoms with Crippen LogP contribution in [-0.4, -0.2) is 12.1 Å². The van der Waals surface area contributed by atoms with Gasteiger partial charge >= 0.3 is 6.18 Å². The molecule has 0 bridgehead atoms. The molecule has 0 heterocycles. The van der Waals surface area contributed by atoms with Crippen molar-refractivity contribution in [3.05, 3.63) is 42.5 Å². The predicted molar refractivity (Wildman–Crippen MR) is 50.3 cm³/mol. The Balaban J connectivity index is 2.55. The summed E-state index contributed by atoms with van der Waals surface area (Å²) in [5.41, 5.74) is 0.453. The highest BCUT2D eigenvalue weighted by atomic mass is 19.4. The number of allylic oxidation sites excluding steroid dienone is 1. The number of benzene rings is 1. The summed E-state index contributed by atoms with van der Waals surface area (Å²) < 4.78 is 35.1. The fourth-order valence-corrected chi connectivity index (χ4v) is 0.876. The number of hydrogen-bond acceptors (Lipinski definition) is 1. The lowest BCUT2D eigenvalue weighted by Crippen LogP contribution is -2.10. The van der Waals surface area contributed by atoms with Gasteiger partial charge in [-0.05, 0) is 12.1 Å². The van der Waals surface area contributed by atoms with Crippen LogP contribution in [0.3, 0.4) is 0 Å². The zero-order chi connectivity index (χ0) is 11.3. The average molecular weight is 215 g/mol. The molecule has 0 aromatic heterocycles. The van der Waals surface area contributed by atoms with Crippen LogP contribution in [0.25, 0.3) is 0 Å². The third-order valence-electron chi connectivity index (χ3n) is 1.47. The maximum absolute atomic E-state index is 11.7. The van der Waals surface area contributed by atoms with Gasteiger partial charge < -0.3 is 5.32 Å². The van der Waals surface area contributed by atoms with E-state index in [-0.39, 0.29) is 6.08 Å². The summed E-state index contributed by atoms with van der Waals surface area (Å²) in [6.07, 6.45) is -4.12. The van der Waals surface area contributed by atoms with E-state index in [0.29, 0.717) is 11.8 Å². The number of anilines is 1. The standard InChI is InChI=1S/C10H8F3NO/c11-10(12,13)7-6-9(15)14-8-4-2-1-3-5-8/h1-7H,(H,14,15)/b7-6+. The Kier molecular flexibility index (Phi) is 3.49. The second kappa shape index (κ2) is 4.63. The number of para-hydroxylation sites is 1. The largest absolute Gasteiger partial charge is 0.409 e. The lowest BCUT2D eigenvalue weighted by Gasteiger charge is -2.01. The Hall–Kier alpha value is -1.78. The molecule has 1 amide bonds. The van der Waals surface area contributed by atoms with E-state index in [0.717, 1.165) is 0 Å². The number of carbonyl (C=O) groups is 1. The second-order valence-electron chi connectivity index (χ2n) is 2.73. The Morgan fingerprint density at radius 3 is 2.33 bits per heavy atom. The quantitative estimate of drug-likeness (QED) is 0.755. The van der Waals surface area contributed by atoms with Gasteiger partial charge in [-0.3, -0.25) is 4.79 Å². The summed E-state index contributed by atoms with van der Waals surface area (Å²) in [4.78, 5) is 11.0. The Labute approximate surface area is 84.4 Å². The van der Waals surface area contributed by atoms with E-state index in [2.05, 4.69) is 5.32 Å². The summed E-state index contributed by atoms with van der Waals surface area (Å²) in [7, 11) is 0. The van der Waals surface area contributed by atoms with Gasteiger partial charge in [0.05, 0.1) is 0 Å². The molecular formula is C10H8F3NO. The van der Waals surface area contributed by atoms with E-state index in [4.69, 9.17) is 0 Å². The van der Waals surface area contributed by atoms with Gasteiger partial charge in [-0.2, -0.15) is 13.2 Å². The van der Waals surface area contributed by atoms with Crippen molar-refractivity contribution in [2.24, 2.45) is 0 Å². The van der Waals surface area contributed by atoms with Crippen LogP contribution in [0.15, 0.2) is 42.5 Å². The number of rotatable bonds is 2. The third kappa shape index (κ3) is 4.85. The molecule has 0 aliphatic heterocycles. The molecule has 1 aromatic carbocycles. The number of amides is 1. The molecule has 0 saturated carbocycles. The Bertz CT molecular complexity index is 357. The summed E-state index contributed by atoms with van der Waals surface area (Å²) >= 11 is 0. The van der Waals surface area contributed by atoms with Gasteiger partial charge in [0.2, 0.25) is 5.91 Å². The van der Waals surface area contributed by atoms with Gasteiger partial charge in [0, 0.05) is 17.8 Å². The van der Waals surface area contributed by atoms with Crippen LogP contribution in [0.4, 0.5) is 18.9 Å². The number of alkyl halides is 3. The van der Waals surface area contributed by atoms with Crippen molar-refractivity contribution in [3.63, 3.8) is 0 Å². The molecule has 0 spiro atoms. The number of carbonyl (C=O) groups excluding carboxylic acids is 1. The van der Waals surface area contributed by atoms with Gasteiger partial charge in [-0.25, -0.2) is 0 Å². The smallest absolute Gasteiger partial charge is 0.323 e. The summed E-state index contributed by atoms with van der Waals surface area (Å²) in [5, 5.41) is 2.29. The lowest BCUT2D eigenvalue weighted by molar-refractivity contribution is -0.112. The van der Waals surface area contributed by atoms with Crippen molar-refractivity contribution in [2.45, 2.75) is 6.18 Å². The van der Waals surface area contributed by atoms with E-state index in [1.165, 1.54) is 0 Å². The minimum absolute atomic E-state index is 0.106. The molecular weight excluding hydrogens is 207 g/mol. The summed E-state index contributed by atoms with van der Waals surface area (Å²) in [6.45, 7) is 0. The topological polar surface area (TPSA) is 29.1 Å². The van der Waals surface area contributed by atoms with Crippen LogP contribution in [0.5, 0.6) is 0 Å². The van der Waals surface area contributed by atoms with E-state index in [9.17, 15) is 18.0 Å². The first kappa shape index (κ1) is 11.3. The van der Waals surface area contributed by atoms with Crippen molar-refractivity contribution in [2.75, 3.05) is 5.32 Å². The fraction of sp³-hybridized carbons (Fsp3) is 0.100. The van der Waals surface area contributed by atoms with Crippen molar-refractivity contribution in [1.29, 1.82) is 0 Å². The van der Waals surface area contributed by atoms with E-state index < -0.39 is 12.1 Å². The second-order valence-corrected chi connectivity index (χ2v) is 2.73. The first-order valence-corrected chi connectivity index (χ1v) is 4.09. The van der Waals surface area contributed by atoms with Crippen LogP contribution in [-0.2, 0) is 4.79 Å². The van der Waals surface area contributed by atoms with E-state index in [1.807, 2.05) is 0 Å². The molecule has 0 fully saturated rings. The molecule has 80 valence electrons. The molecule has 1 N–H and O–H groups in total. The van der Waals surface area contributed by atoms with Gasteiger partial charge in [0.15, 0.2) is 0 Å². The maximum atomic E-state index is 11.7. The molecule has 1 rings (SSSR count). The summed E-state index contributed by atoms with van der Waals surface area (Å²) in [5.74, 6) is -0.807. The molecule has 0 unspecified atom stereocenters. The Morgan fingerprint density at radius 2 is 1.80 bits per heavy atom. The Morgan fingerprint density at radius 1 is 1.20 bits per heavy atom. The molecule has 1 aromatic rings. The van der Waals surface area contributed by atoms with Gasteiger partial charge in [0.1, 0.15) is 0 Å². The van der Waals surface area contributed by atoms with Gasteiger partial charge in [0.25, 0.3) is 0 Å². The van der Waals surface area contributed by atoms with Crippen molar-refractivity contribution in [1.82, 2.24) is 0 Å². The van der Waals surface area contributed by atoms with Crippen molar-refractivity contribution in [3.8, 4) is 0 Å². The zero-order valence-corrected chi connectivity index (χ0v) is 7.58. The molecule has 2 nitrogen and oxygen atoms in total. The van der Waals surface area contributed by atoms with E-state index >= 15 is 0 Å². The molecule has 0 saturated heterocycles. The number of nitrogens with one attached hydrogen (secondary N) is 1. The molecule has 0 aliphatic rings. The summed E-state index contributed by atoms with van der Waals surface area (Å²) in [6, 6.07) is 8.24. The molecule has 0 aliphatic carbocycles. The number of hydrogen-bond donors (Lipinski definition) is 1. The van der Waals surface area contributed by atoms with Crippen LogP contribution in [0.1, 0.15) is 0 Å². The minimum atomic E-state index is -4.46. The van der Waals surface area contributed by atoms with Crippen molar-refractivity contribution < 1.29 is 18.0 Å². The first-order chi connectivity index (χ1) is 6.97. The van der Waals surface area contributed by atoms with Crippen LogP contribution >= 0.6 is 0 Å². The zero-order valence-electron chi connectivity index (χ0n) is 7.58. The van der Waals surface area contributed by atoms with Crippen LogP contribution in [0.2, 0.25) is 0 Å². The highest BCUT2D eigenvalue weighted by molar-refractivity contribution is 5.99. The molecule has 0 radical (unpaired) electrons. The van der Waals surface area contributed by atoms with Gasteiger partial charge in [-0.1, -0.05) is 18.2 Å². The SMILES string of the molecule is O=C(/C=C/C(F)(F)F)Nc1ccccc1. The van der Waals surface area contributed by atoms with Gasteiger partial charge in [-0.15, -0.1) is 0 Å². The highest BCUT2D eigenvalue weighted by Crippen LogP contribution is 2.15. The normalized spacial score (nSPS) is 11.7.